The average molecular weight is 278 g/mol. The van der Waals surface area contributed by atoms with Crippen LogP contribution in [0.15, 0.2) is 18.2 Å². The highest BCUT2D eigenvalue weighted by Gasteiger charge is 2.25. The number of amides is 2. The summed E-state index contributed by atoms with van der Waals surface area (Å²) in [6, 6.07) is 4.55. The van der Waals surface area contributed by atoms with Gasteiger partial charge in [0.15, 0.2) is 0 Å². The third-order valence-electron chi connectivity index (χ3n) is 3.79. The maximum atomic E-state index is 12.1. The minimum Gasteiger partial charge on any atom is -0.478 e. The molecule has 1 rings (SSSR count). The molecule has 20 heavy (non-hydrogen) atoms. The van der Waals surface area contributed by atoms with Crippen LogP contribution < -0.4 is 5.32 Å². The molecule has 0 aliphatic carbocycles. The number of carbonyl (C=O) groups is 2. The van der Waals surface area contributed by atoms with Gasteiger partial charge in [0.05, 0.1) is 5.56 Å². The summed E-state index contributed by atoms with van der Waals surface area (Å²) >= 11 is 0. The molecule has 0 fully saturated rings. The van der Waals surface area contributed by atoms with E-state index in [0.717, 1.165) is 6.42 Å². The Morgan fingerprint density at radius 1 is 1.35 bits per heavy atom. The van der Waals surface area contributed by atoms with Gasteiger partial charge < -0.3 is 15.3 Å². The Balaban J connectivity index is 2.87. The van der Waals surface area contributed by atoms with Crippen molar-refractivity contribution >= 4 is 17.7 Å². The fourth-order valence-corrected chi connectivity index (χ4v) is 1.70. The Morgan fingerprint density at radius 2 is 1.95 bits per heavy atom. The number of hydrogen-bond donors (Lipinski definition) is 2. The Hall–Kier alpha value is -2.04. The van der Waals surface area contributed by atoms with E-state index in [-0.39, 0.29) is 17.1 Å². The molecule has 0 saturated heterocycles. The van der Waals surface area contributed by atoms with Gasteiger partial charge in [-0.15, -0.1) is 0 Å². The molecule has 5 heteroatoms. The van der Waals surface area contributed by atoms with Gasteiger partial charge in [-0.25, -0.2) is 9.59 Å². The second kappa shape index (κ2) is 5.94. The van der Waals surface area contributed by atoms with Crippen LogP contribution in [-0.4, -0.2) is 34.6 Å². The average Bonchev–Trinajstić information content (AvgIpc) is 2.37. The number of carboxylic acid groups (broad SMARTS) is 1. The van der Waals surface area contributed by atoms with Gasteiger partial charge in [0.25, 0.3) is 0 Å². The van der Waals surface area contributed by atoms with Gasteiger partial charge >= 0.3 is 12.0 Å². The Labute approximate surface area is 119 Å². The number of nitrogens with one attached hydrogen (secondary N) is 1. The Morgan fingerprint density at radius 3 is 2.40 bits per heavy atom. The van der Waals surface area contributed by atoms with Gasteiger partial charge in [-0.05, 0) is 51.0 Å². The molecule has 0 saturated carbocycles. The molecule has 110 valence electrons. The summed E-state index contributed by atoms with van der Waals surface area (Å²) in [5.41, 5.74) is 1.22. The molecule has 0 unspecified atom stereocenters. The van der Waals surface area contributed by atoms with Crippen LogP contribution in [0.4, 0.5) is 10.5 Å². The number of aromatic carboxylic acids is 1. The van der Waals surface area contributed by atoms with E-state index in [9.17, 15) is 9.59 Å². The number of rotatable bonds is 4. The van der Waals surface area contributed by atoms with Gasteiger partial charge in [-0.3, -0.25) is 0 Å². The number of hydrogen-bond acceptors (Lipinski definition) is 2. The first-order valence-corrected chi connectivity index (χ1v) is 6.57. The van der Waals surface area contributed by atoms with Crippen molar-refractivity contribution in [1.29, 1.82) is 0 Å². The van der Waals surface area contributed by atoms with E-state index in [2.05, 4.69) is 5.32 Å². The predicted molar refractivity (Wildman–Crippen MR) is 79.3 cm³/mol. The first-order valence-electron chi connectivity index (χ1n) is 6.57. The highest BCUT2D eigenvalue weighted by atomic mass is 16.4. The Kier molecular flexibility index (Phi) is 4.76. The smallest absolute Gasteiger partial charge is 0.335 e. The number of carbonyl (C=O) groups excluding carboxylic acids is 1. The maximum Gasteiger partial charge on any atom is 0.335 e. The summed E-state index contributed by atoms with van der Waals surface area (Å²) in [6.45, 7) is 7.71. The Bertz CT molecular complexity index is 524. The molecule has 0 spiro atoms. The number of aryl methyl sites for hydroxylation is 1. The van der Waals surface area contributed by atoms with Crippen LogP contribution in [0, 0.1) is 6.92 Å². The fourth-order valence-electron chi connectivity index (χ4n) is 1.70. The number of carboxylic acids is 1. The topological polar surface area (TPSA) is 69.6 Å². The van der Waals surface area contributed by atoms with Crippen LogP contribution in [0.1, 0.15) is 43.1 Å². The minimum atomic E-state index is -0.968. The summed E-state index contributed by atoms with van der Waals surface area (Å²) in [7, 11) is 1.75. The van der Waals surface area contributed by atoms with Crippen LogP contribution in [-0.2, 0) is 0 Å². The van der Waals surface area contributed by atoms with E-state index in [4.69, 9.17) is 5.11 Å². The van der Waals surface area contributed by atoms with E-state index in [0.29, 0.717) is 11.3 Å². The molecule has 5 nitrogen and oxygen atoms in total. The van der Waals surface area contributed by atoms with Crippen molar-refractivity contribution in [2.24, 2.45) is 0 Å². The molecule has 0 heterocycles. The lowest BCUT2D eigenvalue weighted by Crippen LogP contribution is -2.46. The van der Waals surface area contributed by atoms with E-state index < -0.39 is 5.97 Å². The highest BCUT2D eigenvalue weighted by molar-refractivity contribution is 5.93. The summed E-state index contributed by atoms with van der Waals surface area (Å²) in [4.78, 5) is 24.7. The SMILES string of the molecule is CCC(C)(C)N(C)C(=O)Nc1ccc(C(=O)O)c(C)c1. The zero-order valence-electron chi connectivity index (χ0n) is 12.7. The fraction of sp³-hybridized carbons (Fsp3) is 0.467. The first kappa shape index (κ1) is 16.0. The molecule has 0 aliphatic rings. The zero-order chi connectivity index (χ0) is 15.5. The van der Waals surface area contributed by atoms with Crippen molar-refractivity contribution in [2.45, 2.75) is 39.7 Å². The highest BCUT2D eigenvalue weighted by Crippen LogP contribution is 2.19. The first-order chi connectivity index (χ1) is 9.19. The van der Waals surface area contributed by atoms with Gasteiger partial charge in [0.2, 0.25) is 0 Å². The van der Waals surface area contributed by atoms with Crippen molar-refractivity contribution in [1.82, 2.24) is 4.90 Å². The van der Waals surface area contributed by atoms with Crippen LogP contribution in [0.2, 0.25) is 0 Å². The lowest BCUT2D eigenvalue weighted by atomic mass is 10.0. The van der Waals surface area contributed by atoms with E-state index in [1.165, 1.54) is 6.07 Å². The number of urea groups is 1. The second-order valence-electron chi connectivity index (χ2n) is 5.49. The van der Waals surface area contributed by atoms with Crippen molar-refractivity contribution in [3.8, 4) is 0 Å². The molecule has 0 aliphatic heterocycles. The number of benzene rings is 1. The molecule has 1 aromatic carbocycles. The summed E-state index contributed by atoms with van der Waals surface area (Å²) in [5, 5.41) is 11.8. The van der Waals surface area contributed by atoms with Gasteiger partial charge in [-0.1, -0.05) is 6.92 Å². The van der Waals surface area contributed by atoms with E-state index >= 15 is 0 Å². The molecule has 0 radical (unpaired) electrons. The van der Waals surface area contributed by atoms with Gasteiger partial charge in [-0.2, -0.15) is 0 Å². The van der Waals surface area contributed by atoms with Gasteiger partial charge in [0, 0.05) is 18.3 Å². The monoisotopic (exact) mass is 278 g/mol. The number of nitrogens with zero attached hydrogens (tertiary/aromatic N) is 1. The van der Waals surface area contributed by atoms with E-state index in [1.807, 2.05) is 20.8 Å². The lowest BCUT2D eigenvalue weighted by Gasteiger charge is -2.34. The maximum absolute atomic E-state index is 12.1. The van der Waals surface area contributed by atoms with Crippen LogP contribution >= 0.6 is 0 Å². The van der Waals surface area contributed by atoms with Crippen LogP contribution in [0.3, 0.4) is 0 Å². The van der Waals surface area contributed by atoms with Crippen molar-refractivity contribution in [3.63, 3.8) is 0 Å². The molecule has 1 aromatic rings. The third kappa shape index (κ3) is 3.50. The van der Waals surface area contributed by atoms with Crippen LogP contribution in [0.25, 0.3) is 0 Å². The molecule has 0 aromatic heterocycles. The summed E-state index contributed by atoms with van der Waals surface area (Å²) in [5.74, 6) is -0.968. The van der Waals surface area contributed by atoms with Crippen molar-refractivity contribution < 1.29 is 14.7 Å². The van der Waals surface area contributed by atoms with Crippen molar-refractivity contribution in [2.75, 3.05) is 12.4 Å². The lowest BCUT2D eigenvalue weighted by molar-refractivity contribution is 0.0696. The zero-order valence-corrected chi connectivity index (χ0v) is 12.7. The van der Waals surface area contributed by atoms with Crippen LogP contribution in [0.5, 0.6) is 0 Å². The number of anilines is 1. The predicted octanol–water partition coefficient (Wildman–Crippen LogP) is 3.35. The third-order valence-corrected chi connectivity index (χ3v) is 3.79. The second-order valence-corrected chi connectivity index (χ2v) is 5.49. The van der Waals surface area contributed by atoms with Gasteiger partial charge in [0.1, 0.15) is 0 Å². The normalized spacial score (nSPS) is 11.1. The summed E-state index contributed by atoms with van der Waals surface area (Å²) < 4.78 is 0. The molecule has 0 bridgehead atoms. The standard InChI is InChI=1S/C15H22N2O3/c1-6-15(3,4)17(5)14(20)16-11-7-8-12(13(18)19)10(2)9-11/h7-9H,6H2,1-5H3,(H,16,20)(H,18,19). The summed E-state index contributed by atoms with van der Waals surface area (Å²) in [6.07, 6.45) is 0.841. The van der Waals surface area contributed by atoms with E-state index in [1.54, 1.807) is 31.0 Å². The quantitative estimate of drug-likeness (QED) is 0.887. The largest absolute Gasteiger partial charge is 0.478 e. The molecular weight excluding hydrogens is 256 g/mol. The van der Waals surface area contributed by atoms with Crippen molar-refractivity contribution in [3.05, 3.63) is 29.3 Å². The molecular formula is C15H22N2O3. The minimum absolute atomic E-state index is 0.209. The molecule has 2 N–H and O–H groups in total. The molecule has 2 amide bonds. The molecule has 0 atom stereocenters.